The van der Waals surface area contributed by atoms with Gasteiger partial charge in [-0.2, -0.15) is 0 Å². The van der Waals surface area contributed by atoms with Crippen molar-refractivity contribution in [1.82, 2.24) is 4.98 Å². The number of thiazole rings is 1. The molecule has 2 aromatic rings. The molecule has 0 saturated heterocycles. The second-order valence-electron chi connectivity index (χ2n) is 4.07. The van der Waals surface area contributed by atoms with Gasteiger partial charge in [-0.3, -0.25) is 0 Å². The minimum Gasteiger partial charge on any atom is -0.330 e. The number of benzene rings is 1. The van der Waals surface area contributed by atoms with Gasteiger partial charge in [0.2, 0.25) is 0 Å². The summed E-state index contributed by atoms with van der Waals surface area (Å²) in [7, 11) is 0. The van der Waals surface area contributed by atoms with Crippen LogP contribution in [0.25, 0.3) is 11.3 Å². The third-order valence-electron chi connectivity index (χ3n) is 2.64. The highest BCUT2D eigenvalue weighted by molar-refractivity contribution is 7.10. The van der Waals surface area contributed by atoms with E-state index in [0.717, 1.165) is 10.7 Å². The topological polar surface area (TPSA) is 38.9 Å². The lowest BCUT2D eigenvalue weighted by Crippen LogP contribution is -2.08. The maximum absolute atomic E-state index is 5.64. The Morgan fingerprint density at radius 3 is 2.62 bits per heavy atom. The summed E-state index contributed by atoms with van der Waals surface area (Å²) in [6.45, 7) is 4.85. The summed E-state index contributed by atoms with van der Waals surface area (Å²) in [6.07, 6.45) is 0. The molecule has 1 aromatic heterocycles. The Hall–Kier alpha value is -1.19. The van der Waals surface area contributed by atoms with E-state index in [2.05, 4.69) is 48.5 Å². The van der Waals surface area contributed by atoms with Crippen molar-refractivity contribution < 1.29 is 0 Å². The van der Waals surface area contributed by atoms with Crippen LogP contribution in [0.5, 0.6) is 0 Å². The first kappa shape index (κ1) is 11.3. The van der Waals surface area contributed by atoms with Crippen LogP contribution in [-0.4, -0.2) is 11.5 Å². The van der Waals surface area contributed by atoms with Crippen LogP contribution >= 0.6 is 11.3 Å². The lowest BCUT2D eigenvalue weighted by Gasteiger charge is -2.02. The fourth-order valence-electron chi connectivity index (χ4n) is 1.47. The standard InChI is InChI=1S/C13H16N2S/c1-9-3-5-11(6-4-9)12-8-16-13(15-12)10(2)7-14/h3-6,8,10H,7,14H2,1-2H3. The largest absolute Gasteiger partial charge is 0.330 e. The molecule has 0 radical (unpaired) electrons. The second kappa shape index (κ2) is 4.76. The molecule has 0 amide bonds. The Labute approximate surface area is 100 Å². The van der Waals surface area contributed by atoms with Gasteiger partial charge in [0.15, 0.2) is 0 Å². The molecular formula is C13H16N2S. The lowest BCUT2D eigenvalue weighted by atomic mass is 10.1. The van der Waals surface area contributed by atoms with Crippen molar-refractivity contribution in [3.8, 4) is 11.3 Å². The molecule has 3 heteroatoms. The molecule has 0 aliphatic rings. The van der Waals surface area contributed by atoms with Gasteiger partial charge in [-0.05, 0) is 6.92 Å². The molecule has 2 N–H and O–H groups in total. The molecule has 0 spiro atoms. The molecule has 16 heavy (non-hydrogen) atoms. The van der Waals surface area contributed by atoms with E-state index in [9.17, 15) is 0 Å². The Kier molecular flexibility index (Phi) is 3.36. The predicted octanol–water partition coefficient (Wildman–Crippen LogP) is 3.18. The summed E-state index contributed by atoms with van der Waals surface area (Å²) in [5.74, 6) is 0.351. The van der Waals surface area contributed by atoms with Crippen molar-refractivity contribution in [2.75, 3.05) is 6.54 Å². The van der Waals surface area contributed by atoms with Gasteiger partial charge >= 0.3 is 0 Å². The predicted molar refractivity (Wildman–Crippen MR) is 69.8 cm³/mol. The van der Waals surface area contributed by atoms with E-state index in [1.54, 1.807) is 11.3 Å². The zero-order valence-corrected chi connectivity index (χ0v) is 10.4. The van der Waals surface area contributed by atoms with Gasteiger partial charge in [0.05, 0.1) is 10.7 Å². The molecule has 1 atom stereocenters. The maximum atomic E-state index is 5.64. The summed E-state index contributed by atoms with van der Waals surface area (Å²) in [5, 5.41) is 3.23. The van der Waals surface area contributed by atoms with E-state index in [1.165, 1.54) is 11.1 Å². The van der Waals surface area contributed by atoms with Gasteiger partial charge in [-0.1, -0.05) is 36.8 Å². The zero-order valence-electron chi connectivity index (χ0n) is 9.60. The molecule has 84 valence electrons. The normalized spacial score (nSPS) is 12.7. The van der Waals surface area contributed by atoms with Crippen LogP contribution in [0.3, 0.4) is 0 Å². The van der Waals surface area contributed by atoms with Crippen LogP contribution in [0.1, 0.15) is 23.4 Å². The molecule has 0 saturated carbocycles. The first-order valence-electron chi connectivity index (χ1n) is 5.43. The van der Waals surface area contributed by atoms with Crippen LogP contribution in [0.15, 0.2) is 29.6 Å². The van der Waals surface area contributed by atoms with E-state index in [-0.39, 0.29) is 0 Å². The maximum Gasteiger partial charge on any atom is 0.0973 e. The summed E-state index contributed by atoms with van der Waals surface area (Å²) in [5.41, 5.74) is 9.15. The van der Waals surface area contributed by atoms with E-state index >= 15 is 0 Å². The van der Waals surface area contributed by atoms with Crippen LogP contribution in [0.4, 0.5) is 0 Å². The van der Waals surface area contributed by atoms with Crippen molar-refractivity contribution in [1.29, 1.82) is 0 Å². The van der Waals surface area contributed by atoms with Crippen molar-refractivity contribution >= 4 is 11.3 Å². The molecule has 1 aromatic carbocycles. The van der Waals surface area contributed by atoms with Gasteiger partial charge in [-0.15, -0.1) is 11.3 Å². The summed E-state index contributed by atoms with van der Waals surface area (Å²) in [4.78, 5) is 4.62. The Balaban J connectivity index is 2.28. The minimum absolute atomic E-state index is 0.351. The molecule has 1 heterocycles. The summed E-state index contributed by atoms with van der Waals surface area (Å²) >= 11 is 1.69. The van der Waals surface area contributed by atoms with Gasteiger partial charge < -0.3 is 5.73 Å². The number of nitrogens with two attached hydrogens (primary N) is 1. The van der Waals surface area contributed by atoms with Gasteiger partial charge in [-0.25, -0.2) is 4.98 Å². The van der Waals surface area contributed by atoms with Crippen LogP contribution < -0.4 is 5.73 Å². The third kappa shape index (κ3) is 2.31. The molecule has 0 bridgehead atoms. The third-order valence-corrected chi connectivity index (χ3v) is 3.72. The number of rotatable bonds is 3. The number of hydrogen-bond donors (Lipinski definition) is 1. The SMILES string of the molecule is Cc1ccc(-c2csc(C(C)CN)n2)cc1. The smallest absolute Gasteiger partial charge is 0.0973 e. The average molecular weight is 232 g/mol. The van der Waals surface area contributed by atoms with Gasteiger partial charge in [0.25, 0.3) is 0 Å². The van der Waals surface area contributed by atoms with Crippen molar-refractivity contribution in [3.63, 3.8) is 0 Å². The van der Waals surface area contributed by atoms with Crippen LogP contribution in [0, 0.1) is 6.92 Å². The Morgan fingerprint density at radius 2 is 2.00 bits per heavy atom. The van der Waals surface area contributed by atoms with Gasteiger partial charge in [0.1, 0.15) is 0 Å². The quantitative estimate of drug-likeness (QED) is 0.882. The molecule has 2 nitrogen and oxygen atoms in total. The first-order valence-corrected chi connectivity index (χ1v) is 6.31. The van der Waals surface area contributed by atoms with E-state index in [0.29, 0.717) is 12.5 Å². The first-order chi connectivity index (χ1) is 7.70. The molecule has 0 aliphatic carbocycles. The molecule has 1 unspecified atom stereocenters. The fourth-order valence-corrected chi connectivity index (χ4v) is 2.37. The van der Waals surface area contributed by atoms with E-state index < -0.39 is 0 Å². The highest BCUT2D eigenvalue weighted by Gasteiger charge is 2.09. The monoisotopic (exact) mass is 232 g/mol. The van der Waals surface area contributed by atoms with E-state index in [4.69, 9.17) is 5.73 Å². The number of hydrogen-bond acceptors (Lipinski definition) is 3. The number of nitrogens with zero attached hydrogens (tertiary/aromatic N) is 1. The highest BCUT2D eigenvalue weighted by Crippen LogP contribution is 2.26. The molecule has 0 fully saturated rings. The fraction of sp³-hybridized carbons (Fsp3) is 0.308. The van der Waals surface area contributed by atoms with Crippen LogP contribution in [-0.2, 0) is 0 Å². The van der Waals surface area contributed by atoms with Crippen LogP contribution in [0.2, 0.25) is 0 Å². The number of aromatic nitrogens is 1. The molecule has 0 aliphatic heterocycles. The van der Waals surface area contributed by atoms with E-state index in [1.807, 2.05) is 0 Å². The average Bonchev–Trinajstić information content (AvgIpc) is 2.78. The molecular weight excluding hydrogens is 216 g/mol. The zero-order chi connectivity index (χ0) is 11.5. The van der Waals surface area contributed by atoms with Gasteiger partial charge in [0, 0.05) is 23.4 Å². The highest BCUT2D eigenvalue weighted by atomic mass is 32.1. The summed E-state index contributed by atoms with van der Waals surface area (Å²) in [6, 6.07) is 8.45. The van der Waals surface area contributed by atoms with Crippen molar-refractivity contribution in [2.45, 2.75) is 19.8 Å². The van der Waals surface area contributed by atoms with Crippen molar-refractivity contribution in [3.05, 3.63) is 40.2 Å². The second-order valence-corrected chi connectivity index (χ2v) is 4.96. The number of aryl methyl sites for hydroxylation is 1. The minimum atomic E-state index is 0.351. The Bertz CT molecular complexity index is 459. The lowest BCUT2D eigenvalue weighted by molar-refractivity contribution is 0.766. The Morgan fingerprint density at radius 1 is 1.31 bits per heavy atom. The summed E-state index contributed by atoms with van der Waals surface area (Å²) < 4.78 is 0. The molecule has 2 rings (SSSR count). The van der Waals surface area contributed by atoms with Crippen molar-refractivity contribution in [2.24, 2.45) is 5.73 Å².